The highest BCUT2D eigenvalue weighted by Crippen LogP contribution is 2.30. The van der Waals surface area contributed by atoms with Crippen molar-refractivity contribution in [3.05, 3.63) is 69.7 Å². The summed E-state index contributed by atoms with van der Waals surface area (Å²) in [7, 11) is 1.85. The van der Waals surface area contributed by atoms with Crippen LogP contribution in [0.5, 0.6) is 0 Å². The summed E-state index contributed by atoms with van der Waals surface area (Å²) >= 11 is 12.5. The van der Waals surface area contributed by atoms with E-state index in [1.807, 2.05) is 62.5 Å². The first-order valence-corrected chi connectivity index (χ1v) is 12.4. The van der Waals surface area contributed by atoms with Crippen LogP contribution in [0.25, 0.3) is 0 Å². The summed E-state index contributed by atoms with van der Waals surface area (Å²) < 4.78 is 0. The molecule has 7 heteroatoms. The van der Waals surface area contributed by atoms with Crippen molar-refractivity contribution in [2.75, 3.05) is 33.2 Å². The van der Waals surface area contributed by atoms with E-state index >= 15 is 0 Å². The number of nitrogens with zero attached hydrogens (tertiary/aromatic N) is 3. The Morgan fingerprint density at radius 1 is 1.15 bits per heavy atom. The molecule has 178 valence electrons. The van der Waals surface area contributed by atoms with Gasteiger partial charge in [0, 0.05) is 31.0 Å². The predicted molar refractivity (Wildman–Crippen MR) is 136 cm³/mol. The van der Waals surface area contributed by atoms with Crippen LogP contribution in [0.4, 0.5) is 0 Å². The standard InChI is InChI=1S/C26H33Cl2N3O2/c1-3-25(29-33)19-11-14-31(15-12-19)16-13-22(21-9-10-23(27)24(28)17-21)18-30(2)26(32)20-7-5-4-6-8-20/h4-10,17,19,22,33H,3,11-16,18H2,1-2H3/b29-25+. The number of oxime groups is 1. The first-order valence-electron chi connectivity index (χ1n) is 11.6. The van der Waals surface area contributed by atoms with Gasteiger partial charge in [-0.15, -0.1) is 0 Å². The Hall–Kier alpha value is -2.08. The molecule has 33 heavy (non-hydrogen) atoms. The van der Waals surface area contributed by atoms with Crippen molar-refractivity contribution in [2.24, 2.45) is 11.1 Å². The Bertz CT molecular complexity index is 944. The minimum absolute atomic E-state index is 0.0110. The number of carbonyl (C=O) groups is 1. The number of rotatable bonds is 9. The average molecular weight is 490 g/mol. The molecule has 1 aliphatic rings. The smallest absolute Gasteiger partial charge is 0.253 e. The number of hydrogen-bond acceptors (Lipinski definition) is 4. The zero-order chi connectivity index (χ0) is 23.8. The molecule has 0 radical (unpaired) electrons. The van der Waals surface area contributed by atoms with Gasteiger partial charge in [0.15, 0.2) is 0 Å². The van der Waals surface area contributed by atoms with E-state index in [-0.39, 0.29) is 11.8 Å². The molecular formula is C26H33Cl2N3O2. The van der Waals surface area contributed by atoms with Crippen LogP contribution >= 0.6 is 23.2 Å². The summed E-state index contributed by atoms with van der Waals surface area (Å²) in [6.07, 6.45) is 3.72. The van der Waals surface area contributed by atoms with E-state index in [1.54, 1.807) is 4.90 Å². The van der Waals surface area contributed by atoms with Gasteiger partial charge in [-0.05, 0) is 75.1 Å². The van der Waals surface area contributed by atoms with Crippen LogP contribution in [-0.2, 0) is 0 Å². The van der Waals surface area contributed by atoms with Gasteiger partial charge in [-0.25, -0.2) is 0 Å². The van der Waals surface area contributed by atoms with Crippen molar-refractivity contribution in [1.82, 2.24) is 9.80 Å². The van der Waals surface area contributed by atoms with E-state index < -0.39 is 0 Å². The highest BCUT2D eigenvalue weighted by atomic mass is 35.5. The van der Waals surface area contributed by atoms with Crippen molar-refractivity contribution in [1.29, 1.82) is 0 Å². The lowest BCUT2D eigenvalue weighted by atomic mass is 9.89. The molecule has 0 spiro atoms. The fourth-order valence-electron chi connectivity index (χ4n) is 4.61. The number of halogens is 2. The SMILES string of the molecule is CC/C(=N\O)C1CCN(CCC(CN(C)C(=O)c2ccccc2)c2ccc(Cl)c(Cl)c2)CC1. The first-order chi connectivity index (χ1) is 15.9. The molecule has 3 rings (SSSR count). The molecule has 0 aliphatic carbocycles. The van der Waals surface area contributed by atoms with Gasteiger partial charge in [-0.2, -0.15) is 0 Å². The largest absolute Gasteiger partial charge is 0.411 e. The van der Waals surface area contributed by atoms with Crippen molar-refractivity contribution >= 4 is 34.8 Å². The lowest BCUT2D eigenvalue weighted by Gasteiger charge is -2.33. The van der Waals surface area contributed by atoms with E-state index in [2.05, 4.69) is 10.1 Å². The van der Waals surface area contributed by atoms with Crippen LogP contribution in [0.2, 0.25) is 10.0 Å². The Morgan fingerprint density at radius 2 is 1.85 bits per heavy atom. The molecule has 1 unspecified atom stereocenters. The molecule has 1 atom stereocenters. The van der Waals surface area contributed by atoms with Gasteiger partial charge in [0.1, 0.15) is 0 Å². The number of likely N-dealkylation sites (tertiary alicyclic amines) is 1. The van der Waals surface area contributed by atoms with E-state index in [4.69, 9.17) is 23.2 Å². The third kappa shape index (κ3) is 6.95. The van der Waals surface area contributed by atoms with Gasteiger partial charge in [0.05, 0.1) is 15.8 Å². The Labute approximate surface area is 207 Å². The molecule has 5 nitrogen and oxygen atoms in total. The number of amides is 1. The third-order valence-electron chi connectivity index (χ3n) is 6.62. The number of likely N-dealkylation sites (N-methyl/N-ethyl adjacent to an activating group) is 1. The average Bonchev–Trinajstić information content (AvgIpc) is 2.85. The second-order valence-corrected chi connectivity index (χ2v) is 9.59. The monoisotopic (exact) mass is 489 g/mol. The molecule has 0 bridgehead atoms. The summed E-state index contributed by atoms with van der Waals surface area (Å²) in [5, 5.41) is 13.8. The molecule has 1 fully saturated rings. The fourth-order valence-corrected chi connectivity index (χ4v) is 4.92. The number of carbonyl (C=O) groups excluding carboxylic acids is 1. The fraction of sp³-hybridized carbons (Fsp3) is 0.462. The van der Waals surface area contributed by atoms with Gasteiger partial charge >= 0.3 is 0 Å². The van der Waals surface area contributed by atoms with Crippen LogP contribution in [0.1, 0.15) is 54.4 Å². The summed E-state index contributed by atoms with van der Waals surface area (Å²) in [5.41, 5.74) is 2.68. The van der Waals surface area contributed by atoms with E-state index in [0.29, 0.717) is 28.1 Å². The molecule has 0 saturated carbocycles. The second kappa shape index (κ2) is 12.4. The van der Waals surface area contributed by atoms with Gasteiger partial charge in [-0.1, -0.05) is 59.5 Å². The first kappa shape index (κ1) is 25.5. The van der Waals surface area contributed by atoms with Crippen LogP contribution in [0, 0.1) is 5.92 Å². The number of hydrogen-bond donors (Lipinski definition) is 1. The van der Waals surface area contributed by atoms with Gasteiger partial charge < -0.3 is 15.0 Å². The van der Waals surface area contributed by atoms with Crippen LogP contribution in [0.15, 0.2) is 53.7 Å². The van der Waals surface area contributed by atoms with E-state index in [0.717, 1.165) is 56.6 Å². The normalized spacial score (nSPS) is 16.5. The zero-order valence-electron chi connectivity index (χ0n) is 19.4. The maximum absolute atomic E-state index is 12.9. The molecule has 2 aromatic rings. The second-order valence-electron chi connectivity index (χ2n) is 8.77. The quantitative estimate of drug-likeness (QED) is 0.259. The van der Waals surface area contributed by atoms with Crippen molar-refractivity contribution < 1.29 is 10.0 Å². The Balaban J connectivity index is 1.66. The predicted octanol–water partition coefficient (Wildman–Crippen LogP) is 6.19. The Morgan fingerprint density at radius 3 is 2.45 bits per heavy atom. The molecule has 1 saturated heterocycles. The third-order valence-corrected chi connectivity index (χ3v) is 7.36. The molecule has 1 amide bonds. The topological polar surface area (TPSA) is 56.1 Å². The summed E-state index contributed by atoms with van der Waals surface area (Å²) in [6, 6.07) is 15.1. The number of piperidine rings is 1. The van der Waals surface area contributed by atoms with E-state index in [9.17, 15) is 10.0 Å². The molecule has 1 aliphatic heterocycles. The van der Waals surface area contributed by atoms with Crippen LogP contribution in [0.3, 0.4) is 0 Å². The molecular weight excluding hydrogens is 457 g/mol. The Kier molecular flexibility index (Phi) is 9.60. The zero-order valence-corrected chi connectivity index (χ0v) is 20.9. The van der Waals surface area contributed by atoms with E-state index in [1.165, 1.54) is 0 Å². The molecule has 1 heterocycles. The van der Waals surface area contributed by atoms with Gasteiger partial charge in [0.25, 0.3) is 5.91 Å². The van der Waals surface area contributed by atoms with Crippen LogP contribution < -0.4 is 0 Å². The summed E-state index contributed by atoms with van der Waals surface area (Å²) in [4.78, 5) is 17.2. The van der Waals surface area contributed by atoms with Gasteiger partial charge in [-0.3, -0.25) is 4.79 Å². The summed E-state index contributed by atoms with van der Waals surface area (Å²) in [5.74, 6) is 0.522. The molecule has 1 N–H and O–H groups in total. The minimum atomic E-state index is 0.0110. The minimum Gasteiger partial charge on any atom is -0.411 e. The lowest BCUT2D eigenvalue weighted by molar-refractivity contribution is 0.0781. The maximum Gasteiger partial charge on any atom is 0.253 e. The van der Waals surface area contributed by atoms with Crippen molar-refractivity contribution in [3.8, 4) is 0 Å². The van der Waals surface area contributed by atoms with Crippen LogP contribution in [-0.4, -0.2) is 59.9 Å². The molecule has 0 aromatic heterocycles. The lowest BCUT2D eigenvalue weighted by Crippen LogP contribution is -2.38. The number of benzene rings is 2. The highest BCUT2D eigenvalue weighted by Gasteiger charge is 2.25. The maximum atomic E-state index is 12.9. The molecule has 2 aromatic carbocycles. The summed E-state index contributed by atoms with van der Waals surface area (Å²) in [6.45, 7) is 5.53. The van der Waals surface area contributed by atoms with Crippen molar-refractivity contribution in [2.45, 2.75) is 38.5 Å². The van der Waals surface area contributed by atoms with Gasteiger partial charge in [0.2, 0.25) is 0 Å². The highest BCUT2D eigenvalue weighted by molar-refractivity contribution is 6.42. The van der Waals surface area contributed by atoms with Crippen molar-refractivity contribution in [3.63, 3.8) is 0 Å².